The summed E-state index contributed by atoms with van der Waals surface area (Å²) >= 11 is 0. The second kappa shape index (κ2) is 5.77. The molecule has 6 nitrogen and oxygen atoms in total. The van der Waals surface area contributed by atoms with E-state index in [2.05, 4.69) is 20.3 Å². The topological polar surface area (TPSA) is 80.9 Å². The Morgan fingerprint density at radius 1 is 1.09 bits per heavy atom. The van der Waals surface area contributed by atoms with Crippen molar-refractivity contribution in [1.29, 1.82) is 0 Å². The zero-order valence-electron chi connectivity index (χ0n) is 12.2. The van der Waals surface area contributed by atoms with E-state index in [0.717, 1.165) is 11.3 Å². The van der Waals surface area contributed by atoms with E-state index < -0.39 is 5.91 Å². The number of oxazole rings is 1. The Hall–Kier alpha value is -3.02. The maximum atomic E-state index is 12.3. The summed E-state index contributed by atoms with van der Waals surface area (Å²) in [5.74, 6) is 0.386. The third kappa shape index (κ3) is 2.85. The van der Waals surface area contributed by atoms with Gasteiger partial charge in [0.15, 0.2) is 0 Å². The number of rotatable bonds is 3. The normalized spacial score (nSPS) is 10.5. The van der Waals surface area contributed by atoms with Crippen LogP contribution in [-0.2, 0) is 0 Å². The van der Waals surface area contributed by atoms with Gasteiger partial charge in [0.05, 0.1) is 5.69 Å². The first kappa shape index (κ1) is 13.9. The largest absolute Gasteiger partial charge is 0.431 e. The van der Waals surface area contributed by atoms with Gasteiger partial charge < -0.3 is 4.42 Å². The van der Waals surface area contributed by atoms with E-state index in [9.17, 15) is 4.79 Å². The molecule has 2 heterocycles. The van der Waals surface area contributed by atoms with Crippen LogP contribution in [-0.4, -0.2) is 20.9 Å². The number of benzene rings is 1. The lowest BCUT2D eigenvalue weighted by Gasteiger charge is -2.01. The van der Waals surface area contributed by atoms with Gasteiger partial charge in [-0.1, -0.05) is 18.2 Å². The van der Waals surface area contributed by atoms with Crippen molar-refractivity contribution in [2.24, 2.45) is 0 Å². The van der Waals surface area contributed by atoms with Crippen molar-refractivity contribution in [3.63, 3.8) is 0 Å². The lowest BCUT2D eigenvalue weighted by atomic mass is 10.2. The van der Waals surface area contributed by atoms with Gasteiger partial charge in [0, 0.05) is 17.5 Å². The number of hydrogen-bond donors (Lipinski definition) is 1. The predicted molar refractivity (Wildman–Crippen MR) is 81.4 cm³/mol. The fraction of sp³-hybridized carbons (Fsp3) is 0.125. The minimum atomic E-state index is -0.419. The summed E-state index contributed by atoms with van der Waals surface area (Å²) in [4.78, 5) is 24.7. The highest BCUT2D eigenvalue weighted by atomic mass is 16.4. The number of hydrogen-bond acceptors (Lipinski definition) is 5. The van der Waals surface area contributed by atoms with Crippen molar-refractivity contribution in [3.05, 3.63) is 59.7 Å². The van der Waals surface area contributed by atoms with Crippen LogP contribution in [0.3, 0.4) is 0 Å². The summed E-state index contributed by atoms with van der Waals surface area (Å²) in [5, 5.41) is 2.61. The zero-order chi connectivity index (χ0) is 15.5. The van der Waals surface area contributed by atoms with Gasteiger partial charge in [-0.3, -0.25) is 10.1 Å². The van der Waals surface area contributed by atoms with Crippen molar-refractivity contribution in [1.82, 2.24) is 15.0 Å². The monoisotopic (exact) mass is 294 g/mol. The summed E-state index contributed by atoms with van der Waals surface area (Å²) in [6.45, 7) is 3.55. The average Bonchev–Trinajstić information content (AvgIpc) is 2.90. The van der Waals surface area contributed by atoms with Gasteiger partial charge in [-0.15, -0.1) is 0 Å². The van der Waals surface area contributed by atoms with Crippen LogP contribution in [0.25, 0.3) is 11.5 Å². The van der Waals surface area contributed by atoms with Crippen molar-refractivity contribution >= 4 is 11.9 Å². The Morgan fingerprint density at radius 3 is 2.59 bits per heavy atom. The van der Waals surface area contributed by atoms with Gasteiger partial charge in [0.1, 0.15) is 0 Å². The highest BCUT2D eigenvalue weighted by Gasteiger charge is 2.19. The first-order valence-electron chi connectivity index (χ1n) is 6.77. The number of amides is 1. The lowest BCUT2D eigenvalue weighted by Crippen LogP contribution is -2.14. The summed E-state index contributed by atoms with van der Waals surface area (Å²) in [6.07, 6.45) is 1.58. The summed E-state index contributed by atoms with van der Waals surface area (Å²) in [7, 11) is 0. The molecule has 0 fully saturated rings. The van der Waals surface area contributed by atoms with E-state index in [-0.39, 0.29) is 11.7 Å². The molecule has 0 unspecified atom stereocenters. The maximum absolute atomic E-state index is 12.3. The molecule has 0 saturated carbocycles. The Morgan fingerprint density at radius 2 is 1.86 bits per heavy atom. The third-order valence-electron chi connectivity index (χ3n) is 3.04. The minimum Gasteiger partial charge on any atom is -0.431 e. The molecule has 3 rings (SSSR count). The molecule has 110 valence electrons. The first-order valence-corrected chi connectivity index (χ1v) is 6.77. The number of anilines is 1. The fourth-order valence-corrected chi connectivity index (χ4v) is 1.98. The molecule has 0 aliphatic heterocycles. The SMILES string of the molecule is Cc1ccnc(NC(=O)c2oc(-c3ccccc3)nc2C)n1. The van der Waals surface area contributed by atoms with Crippen LogP contribution >= 0.6 is 0 Å². The maximum Gasteiger partial charge on any atom is 0.295 e. The minimum absolute atomic E-state index is 0.156. The number of aromatic nitrogens is 3. The van der Waals surface area contributed by atoms with Gasteiger partial charge in [-0.2, -0.15) is 0 Å². The first-order chi connectivity index (χ1) is 10.6. The van der Waals surface area contributed by atoms with Gasteiger partial charge in [0.25, 0.3) is 5.91 Å². The quantitative estimate of drug-likeness (QED) is 0.803. The molecule has 2 aromatic heterocycles. The van der Waals surface area contributed by atoms with Gasteiger partial charge >= 0.3 is 0 Å². The Balaban J connectivity index is 1.86. The van der Waals surface area contributed by atoms with E-state index in [1.165, 1.54) is 0 Å². The molecule has 0 bridgehead atoms. The summed E-state index contributed by atoms with van der Waals surface area (Å²) in [6, 6.07) is 11.2. The van der Waals surface area contributed by atoms with Crippen LogP contribution in [0.5, 0.6) is 0 Å². The number of carbonyl (C=O) groups is 1. The molecular weight excluding hydrogens is 280 g/mol. The summed E-state index contributed by atoms with van der Waals surface area (Å²) < 4.78 is 5.59. The second-order valence-electron chi connectivity index (χ2n) is 4.78. The van der Waals surface area contributed by atoms with Crippen LogP contribution in [0.1, 0.15) is 21.9 Å². The molecule has 0 saturated heterocycles. The van der Waals surface area contributed by atoms with E-state index in [1.54, 1.807) is 19.2 Å². The van der Waals surface area contributed by atoms with Gasteiger partial charge in [-0.05, 0) is 32.0 Å². The molecule has 1 N–H and O–H groups in total. The molecule has 1 amide bonds. The molecule has 3 aromatic rings. The van der Waals surface area contributed by atoms with Gasteiger partial charge in [-0.25, -0.2) is 15.0 Å². The number of aryl methyl sites for hydroxylation is 2. The predicted octanol–water partition coefficient (Wildman–Crippen LogP) is 3.00. The third-order valence-corrected chi connectivity index (χ3v) is 3.04. The van der Waals surface area contributed by atoms with Crippen LogP contribution in [0.15, 0.2) is 47.0 Å². The smallest absolute Gasteiger partial charge is 0.295 e. The molecule has 0 atom stereocenters. The fourth-order valence-electron chi connectivity index (χ4n) is 1.98. The Bertz CT molecular complexity index is 812. The van der Waals surface area contributed by atoms with E-state index in [1.807, 2.05) is 37.3 Å². The molecule has 0 radical (unpaired) electrons. The highest BCUT2D eigenvalue weighted by Crippen LogP contribution is 2.21. The number of carbonyl (C=O) groups excluding carboxylic acids is 1. The zero-order valence-corrected chi connectivity index (χ0v) is 12.2. The average molecular weight is 294 g/mol. The molecule has 0 aliphatic carbocycles. The molecule has 0 aliphatic rings. The van der Waals surface area contributed by atoms with E-state index in [0.29, 0.717) is 11.6 Å². The molecule has 6 heteroatoms. The molecule has 1 aromatic carbocycles. The van der Waals surface area contributed by atoms with Crippen LogP contribution in [0.4, 0.5) is 5.95 Å². The highest BCUT2D eigenvalue weighted by molar-refractivity contribution is 6.02. The van der Waals surface area contributed by atoms with Gasteiger partial charge in [0.2, 0.25) is 17.6 Å². The standard InChI is InChI=1S/C16H14N4O2/c1-10-8-9-17-16(18-10)20-14(21)13-11(2)19-15(22-13)12-6-4-3-5-7-12/h3-9H,1-2H3,(H,17,18,20,21). The van der Waals surface area contributed by atoms with Crippen molar-refractivity contribution in [2.45, 2.75) is 13.8 Å². The molecule has 0 spiro atoms. The van der Waals surface area contributed by atoms with E-state index >= 15 is 0 Å². The van der Waals surface area contributed by atoms with Crippen LogP contribution < -0.4 is 5.32 Å². The number of nitrogens with zero attached hydrogens (tertiary/aromatic N) is 3. The summed E-state index contributed by atoms with van der Waals surface area (Å²) in [5.41, 5.74) is 2.10. The second-order valence-corrected chi connectivity index (χ2v) is 4.78. The van der Waals surface area contributed by atoms with E-state index in [4.69, 9.17) is 4.42 Å². The molecular formula is C16H14N4O2. The van der Waals surface area contributed by atoms with Crippen LogP contribution in [0, 0.1) is 13.8 Å². The Kier molecular flexibility index (Phi) is 3.65. The molecule has 22 heavy (non-hydrogen) atoms. The van der Waals surface area contributed by atoms with Crippen LogP contribution in [0.2, 0.25) is 0 Å². The van der Waals surface area contributed by atoms with Crippen molar-refractivity contribution < 1.29 is 9.21 Å². The van der Waals surface area contributed by atoms with Crippen molar-refractivity contribution in [2.75, 3.05) is 5.32 Å². The Labute approximate surface area is 127 Å². The number of nitrogens with one attached hydrogen (secondary N) is 1. The van der Waals surface area contributed by atoms with Crippen molar-refractivity contribution in [3.8, 4) is 11.5 Å². The lowest BCUT2D eigenvalue weighted by molar-refractivity contribution is 0.0996.